The second-order valence-corrected chi connectivity index (χ2v) is 9.00. The highest BCUT2D eigenvalue weighted by Crippen LogP contribution is 2.29. The zero-order chi connectivity index (χ0) is 22.9. The number of nitrogens with two attached hydrogens (primary N) is 1. The SMILES string of the molecule is Cc1cc(-c2cnc(N)c(-n3cc(C(=O)NC[C@H]4CCOC4)cn3)n2)cc2c1CCN(C)C2. The van der Waals surface area contributed by atoms with E-state index in [0.717, 1.165) is 43.8 Å². The standard InChI is InChI=1S/C24H29N7O2/c1-15-7-17(8-18-12-30(2)5-3-20(15)18)21-11-26-22(25)23(29-21)31-13-19(10-28-31)24(32)27-9-16-4-6-33-14-16/h7-8,10-11,13,16H,3-6,9,12,14H2,1-2H3,(H2,25,26)(H,27,32)/t16-/m1/s1. The van der Waals surface area contributed by atoms with Crippen LogP contribution in [0, 0.1) is 12.8 Å². The molecule has 3 aromatic rings. The van der Waals surface area contributed by atoms with Crippen LogP contribution in [0.4, 0.5) is 5.82 Å². The fourth-order valence-electron chi connectivity index (χ4n) is 4.54. The van der Waals surface area contributed by atoms with Crippen molar-refractivity contribution in [1.29, 1.82) is 0 Å². The van der Waals surface area contributed by atoms with Crippen LogP contribution in [0.25, 0.3) is 17.1 Å². The Hall–Kier alpha value is -3.30. The van der Waals surface area contributed by atoms with E-state index in [1.54, 1.807) is 12.4 Å². The van der Waals surface area contributed by atoms with E-state index in [1.165, 1.54) is 27.6 Å². The Morgan fingerprint density at radius 2 is 2.21 bits per heavy atom. The van der Waals surface area contributed by atoms with Gasteiger partial charge >= 0.3 is 0 Å². The van der Waals surface area contributed by atoms with Crippen molar-refractivity contribution in [3.63, 3.8) is 0 Å². The van der Waals surface area contributed by atoms with Gasteiger partial charge in [0.25, 0.3) is 5.91 Å². The summed E-state index contributed by atoms with van der Waals surface area (Å²) in [6, 6.07) is 4.35. The van der Waals surface area contributed by atoms with Gasteiger partial charge in [-0.05, 0) is 55.6 Å². The highest BCUT2D eigenvalue weighted by molar-refractivity contribution is 5.93. The van der Waals surface area contributed by atoms with Crippen molar-refractivity contribution in [3.8, 4) is 17.1 Å². The summed E-state index contributed by atoms with van der Waals surface area (Å²) in [6.07, 6.45) is 6.87. The van der Waals surface area contributed by atoms with Gasteiger partial charge in [0.05, 0.1) is 30.3 Å². The van der Waals surface area contributed by atoms with Crippen LogP contribution in [0.1, 0.15) is 33.5 Å². The largest absolute Gasteiger partial charge is 0.381 e. The molecule has 33 heavy (non-hydrogen) atoms. The third-order valence-electron chi connectivity index (χ3n) is 6.46. The number of amides is 1. The lowest BCUT2D eigenvalue weighted by molar-refractivity contribution is 0.0945. The minimum Gasteiger partial charge on any atom is -0.381 e. The van der Waals surface area contributed by atoms with Gasteiger partial charge in [0.1, 0.15) is 0 Å². The molecule has 5 rings (SSSR count). The first kappa shape index (κ1) is 21.5. The van der Waals surface area contributed by atoms with Gasteiger partial charge < -0.3 is 20.7 Å². The molecule has 9 heteroatoms. The van der Waals surface area contributed by atoms with Gasteiger partial charge in [0, 0.05) is 43.9 Å². The summed E-state index contributed by atoms with van der Waals surface area (Å²) in [5.74, 6) is 0.849. The number of anilines is 1. The van der Waals surface area contributed by atoms with Crippen molar-refractivity contribution in [3.05, 3.63) is 53.0 Å². The summed E-state index contributed by atoms with van der Waals surface area (Å²) < 4.78 is 6.87. The quantitative estimate of drug-likeness (QED) is 0.615. The molecule has 2 aliphatic heterocycles. The Balaban J connectivity index is 1.39. The van der Waals surface area contributed by atoms with E-state index in [4.69, 9.17) is 15.5 Å². The number of benzene rings is 1. The molecule has 1 amide bonds. The molecule has 0 unspecified atom stereocenters. The van der Waals surface area contributed by atoms with E-state index in [0.29, 0.717) is 30.5 Å². The third-order valence-corrected chi connectivity index (χ3v) is 6.46. The maximum absolute atomic E-state index is 12.5. The van der Waals surface area contributed by atoms with Crippen molar-refractivity contribution < 1.29 is 9.53 Å². The number of likely N-dealkylation sites (N-methyl/N-ethyl adjacent to an activating group) is 1. The van der Waals surface area contributed by atoms with E-state index in [9.17, 15) is 4.79 Å². The van der Waals surface area contributed by atoms with Crippen molar-refractivity contribution in [2.75, 3.05) is 39.1 Å². The number of nitrogen functional groups attached to an aromatic ring is 1. The summed E-state index contributed by atoms with van der Waals surface area (Å²) in [6.45, 7) is 6.18. The molecule has 172 valence electrons. The molecular formula is C24H29N7O2. The maximum atomic E-state index is 12.5. The molecule has 1 saturated heterocycles. The summed E-state index contributed by atoms with van der Waals surface area (Å²) in [4.78, 5) is 24.0. The number of carbonyl (C=O) groups excluding carboxylic acids is 1. The second kappa shape index (κ2) is 8.92. The molecule has 2 aromatic heterocycles. The monoisotopic (exact) mass is 447 g/mol. The molecule has 0 radical (unpaired) electrons. The number of rotatable bonds is 5. The van der Waals surface area contributed by atoms with E-state index < -0.39 is 0 Å². The molecule has 1 aromatic carbocycles. The lowest BCUT2D eigenvalue weighted by Crippen LogP contribution is -2.29. The van der Waals surface area contributed by atoms with E-state index in [1.807, 2.05) is 0 Å². The van der Waals surface area contributed by atoms with E-state index >= 15 is 0 Å². The highest BCUT2D eigenvalue weighted by atomic mass is 16.5. The number of hydrogen-bond acceptors (Lipinski definition) is 7. The van der Waals surface area contributed by atoms with Crippen LogP contribution in [0.5, 0.6) is 0 Å². The van der Waals surface area contributed by atoms with Crippen LogP contribution in [0.2, 0.25) is 0 Å². The first-order valence-corrected chi connectivity index (χ1v) is 11.3. The van der Waals surface area contributed by atoms with Crippen LogP contribution in [-0.4, -0.2) is 63.9 Å². The minimum atomic E-state index is -0.176. The molecule has 9 nitrogen and oxygen atoms in total. The Morgan fingerprint density at radius 3 is 3.03 bits per heavy atom. The van der Waals surface area contributed by atoms with Crippen LogP contribution < -0.4 is 11.1 Å². The molecule has 0 saturated carbocycles. The molecule has 0 bridgehead atoms. The van der Waals surface area contributed by atoms with Gasteiger partial charge in [0.2, 0.25) is 0 Å². The summed E-state index contributed by atoms with van der Waals surface area (Å²) in [5, 5.41) is 7.28. The summed E-state index contributed by atoms with van der Waals surface area (Å²) in [5.41, 5.74) is 12.3. The summed E-state index contributed by atoms with van der Waals surface area (Å²) in [7, 11) is 2.14. The predicted octanol–water partition coefficient (Wildman–Crippen LogP) is 1.97. The molecule has 4 heterocycles. The third kappa shape index (κ3) is 4.46. The molecule has 2 aliphatic rings. The fourth-order valence-corrected chi connectivity index (χ4v) is 4.54. The molecular weight excluding hydrogens is 418 g/mol. The fraction of sp³-hybridized carbons (Fsp3) is 0.417. The second-order valence-electron chi connectivity index (χ2n) is 9.00. The van der Waals surface area contributed by atoms with Crippen molar-refractivity contribution in [1.82, 2.24) is 30.0 Å². The lowest BCUT2D eigenvalue weighted by Gasteiger charge is -2.27. The number of ether oxygens (including phenoxy) is 1. The Labute approximate surface area is 193 Å². The molecule has 1 atom stereocenters. The highest BCUT2D eigenvalue weighted by Gasteiger charge is 2.20. The zero-order valence-corrected chi connectivity index (χ0v) is 19.0. The van der Waals surface area contributed by atoms with Crippen LogP contribution in [-0.2, 0) is 17.7 Å². The van der Waals surface area contributed by atoms with Crippen molar-refractivity contribution >= 4 is 11.7 Å². The van der Waals surface area contributed by atoms with Gasteiger partial charge in [0.15, 0.2) is 11.6 Å². The van der Waals surface area contributed by atoms with Gasteiger partial charge in [-0.15, -0.1) is 0 Å². The Bertz CT molecular complexity index is 1180. The molecule has 0 spiro atoms. The number of nitrogens with one attached hydrogen (secondary N) is 1. The molecule has 1 fully saturated rings. The average Bonchev–Trinajstić information content (AvgIpc) is 3.50. The van der Waals surface area contributed by atoms with Crippen molar-refractivity contribution in [2.45, 2.75) is 26.3 Å². The van der Waals surface area contributed by atoms with Crippen LogP contribution in [0.15, 0.2) is 30.7 Å². The average molecular weight is 448 g/mol. The predicted molar refractivity (Wildman–Crippen MR) is 125 cm³/mol. The lowest BCUT2D eigenvalue weighted by atomic mass is 9.92. The van der Waals surface area contributed by atoms with Gasteiger partial charge in [-0.1, -0.05) is 0 Å². The number of aryl methyl sites for hydroxylation is 1. The summed E-state index contributed by atoms with van der Waals surface area (Å²) >= 11 is 0. The number of carbonyl (C=O) groups is 1. The number of fused-ring (bicyclic) bond motifs is 1. The topological polar surface area (TPSA) is 111 Å². The first-order chi connectivity index (χ1) is 16.0. The molecule has 3 N–H and O–H groups in total. The van der Waals surface area contributed by atoms with Gasteiger partial charge in [-0.3, -0.25) is 4.79 Å². The minimum absolute atomic E-state index is 0.176. The van der Waals surface area contributed by atoms with E-state index in [2.05, 4.69) is 46.4 Å². The van der Waals surface area contributed by atoms with Crippen LogP contribution >= 0.6 is 0 Å². The van der Waals surface area contributed by atoms with Crippen LogP contribution in [0.3, 0.4) is 0 Å². The number of nitrogens with zero attached hydrogens (tertiary/aromatic N) is 5. The van der Waals surface area contributed by atoms with E-state index in [-0.39, 0.29) is 11.7 Å². The molecule has 0 aliphatic carbocycles. The van der Waals surface area contributed by atoms with Gasteiger partial charge in [-0.2, -0.15) is 5.10 Å². The Kier molecular flexibility index (Phi) is 5.82. The Morgan fingerprint density at radius 1 is 1.33 bits per heavy atom. The number of aromatic nitrogens is 4. The smallest absolute Gasteiger partial charge is 0.254 e. The normalized spacial score (nSPS) is 18.3. The number of hydrogen-bond donors (Lipinski definition) is 2. The van der Waals surface area contributed by atoms with Crippen molar-refractivity contribution in [2.24, 2.45) is 5.92 Å². The van der Waals surface area contributed by atoms with Gasteiger partial charge in [-0.25, -0.2) is 14.6 Å². The zero-order valence-electron chi connectivity index (χ0n) is 19.0. The maximum Gasteiger partial charge on any atom is 0.254 e. The first-order valence-electron chi connectivity index (χ1n) is 11.3.